The van der Waals surface area contributed by atoms with Crippen molar-refractivity contribution < 1.29 is 17.4 Å². The van der Waals surface area contributed by atoms with Crippen molar-refractivity contribution in [3.05, 3.63) is 34.7 Å². The highest BCUT2D eigenvalue weighted by molar-refractivity contribution is 7.92. The Labute approximate surface area is 118 Å². The van der Waals surface area contributed by atoms with E-state index in [1.807, 2.05) is 0 Å². The average molecular weight is 320 g/mol. The summed E-state index contributed by atoms with van der Waals surface area (Å²) in [4.78, 5) is 3.29. The summed E-state index contributed by atoms with van der Waals surface area (Å²) in [7, 11) is -2.32. The van der Waals surface area contributed by atoms with Gasteiger partial charge < -0.3 is 0 Å². The molecule has 0 fully saturated rings. The topological polar surface area (TPSA) is 42.3 Å². The number of alkyl halides is 3. The van der Waals surface area contributed by atoms with Gasteiger partial charge in [0.25, 0.3) is 0 Å². The maximum absolute atomic E-state index is 12.8. The van der Waals surface area contributed by atoms with Crippen LogP contribution in [0.3, 0.4) is 0 Å². The van der Waals surface area contributed by atoms with Crippen LogP contribution in [-0.4, -0.2) is 21.7 Å². The largest absolute Gasteiger partial charge is 0.426 e. The maximum Gasteiger partial charge on any atom is 0.426 e. The fourth-order valence-corrected chi connectivity index (χ4v) is 2.97. The van der Waals surface area contributed by atoms with Crippen LogP contribution in [-0.2, 0) is 15.9 Å². The number of nitrogens with zero attached hydrogens (tertiary/aromatic N) is 2. The van der Waals surface area contributed by atoms with E-state index < -0.39 is 20.8 Å². The first-order valence-electron chi connectivity index (χ1n) is 5.45. The predicted molar refractivity (Wildman–Crippen MR) is 74.6 cm³/mol. The third-order valence-electron chi connectivity index (χ3n) is 2.27. The highest BCUT2D eigenvalue weighted by atomic mass is 32.2. The van der Waals surface area contributed by atoms with Crippen molar-refractivity contribution >= 4 is 26.8 Å². The van der Waals surface area contributed by atoms with E-state index >= 15 is 0 Å². The molecule has 8 heteroatoms. The first-order chi connectivity index (χ1) is 9.17. The van der Waals surface area contributed by atoms with Crippen molar-refractivity contribution in [2.75, 3.05) is 12.5 Å². The Morgan fingerprint density at radius 1 is 1.25 bits per heavy atom. The molecule has 0 saturated heterocycles. The molecule has 0 aliphatic carbocycles. The van der Waals surface area contributed by atoms with E-state index in [0.29, 0.717) is 17.0 Å². The van der Waals surface area contributed by atoms with Crippen molar-refractivity contribution in [2.24, 2.45) is 4.36 Å². The molecule has 2 rings (SSSR count). The highest BCUT2D eigenvalue weighted by Gasteiger charge is 2.35. The third-order valence-corrected chi connectivity index (χ3v) is 3.88. The van der Waals surface area contributed by atoms with Crippen molar-refractivity contribution in [1.29, 1.82) is 0 Å². The Morgan fingerprint density at radius 3 is 2.45 bits per heavy atom. The summed E-state index contributed by atoms with van der Waals surface area (Å²) in [6.07, 6.45) is -0.127. The van der Waals surface area contributed by atoms with Crippen molar-refractivity contribution in [3.8, 4) is 11.3 Å². The summed E-state index contributed by atoms with van der Waals surface area (Å²) in [5.41, 5.74) is 0.645. The quantitative estimate of drug-likeness (QED) is 0.832. The van der Waals surface area contributed by atoms with Crippen molar-refractivity contribution in [3.63, 3.8) is 0 Å². The van der Waals surface area contributed by atoms with Crippen LogP contribution in [0.5, 0.6) is 0 Å². The molecule has 0 N–H and O–H groups in total. The Hall–Kier alpha value is -1.41. The zero-order chi connectivity index (χ0) is 15.0. The van der Waals surface area contributed by atoms with E-state index in [2.05, 4.69) is 9.35 Å². The maximum atomic E-state index is 12.8. The van der Waals surface area contributed by atoms with Crippen LogP contribution in [0.25, 0.3) is 11.3 Å². The van der Waals surface area contributed by atoms with E-state index in [-0.39, 0.29) is 11.3 Å². The second-order valence-electron chi connectivity index (χ2n) is 4.34. The molecule has 0 amide bonds. The van der Waals surface area contributed by atoms with Crippen LogP contribution in [0.15, 0.2) is 34.1 Å². The van der Waals surface area contributed by atoms with Gasteiger partial charge in [-0.15, -0.1) is 11.3 Å². The first kappa shape index (κ1) is 15.0. The number of pyridine rings is 1. The van der Waals surface area contributed by atoms with E-state index in [1.54, 1.807) is 0 Å². The van der Waals surface area contributed by atoms with E-state index in [1.165, 1.54) is 42.3 Å². The summed E-state index contributed by atoms with van der Waals surface area (Å²) < 4.78 is 53.8. The molecule has 2 aromatic heterocycles. The average Bonchev–Trinajstić information content (AvgIpc) is 2.76. The van der Waals surface area contributed by atoms with Gasteiger partial charge in [0.05, 0.1) is 17.6 Å². The molecule has 0 atom stereocenters. The van der Waals surface area contributed by atoms with Gasteiger partial charge in [-0.05, 0) is 23.6 Å². The predicted octanol–water partition coefficient (Wildman–Crippen LogP) is 4.19. The van der Waals surface area contributed by atoms with Crippen LogP contribution in [0, 0.1) is 0 Å². The second-order valence-corrected chi connectivity index (χ2v) is 7.80. The van der Waals surface area contributed by atoms with Crippen molar-refractivity contribution in [2.45, 2.75) is 6.18 Å². The van der Waals surface area contributed by atoms with Gasteiger partial charge in [0, 0.05) is 27.8 Å². The van der Waals surface area contributed by atoms with Gasteiger partial charge in [-0.3, -0.25) is 4.98 Å². The number of hydrogen-bond donors (Lipinski definition) is 0. The minimum atomic E-state index is -4.39. The third kappa shape index (κ3) is 3.57. The van der Waals surface area contributed by atoms with Crippen LogP contribution >= 0.6 is 11.3 Å². The minimum Gasteiger partial charge on any atom is -0.254 e. The van der Waals surface area contributed by atoms with E-state index in [9.17, 15) is 17.4 Å². The lowest BCUT2D eigenvalue weighted by atomic mass is 10.1. The molecule has 108 valence electrons. The Balaban J connectivity index is 2.42. The van der Waals surface area contributed by atoms with Crippen LogP contribution in [0.1, 0.15) is 4.88 Å². The highest BCUT2D eigenvalue weighted by Crippen LogP contribution is 2.40. The fraction of sp³-hybridized carbons (Fsp3) is 0.250. The first-order valence-corrected chi connectivity index (χ1v) is 8.66. The molecule has 2 aromatic rings. The molecule has 3 nitrogen and oxygen atoms in total. The Morgan fingerprint density at radius 2 is 1.95 bits per heavy atom. The molecule has 2 heterocycles. The zero-order valence-electron chi connectivity index (χ0n) is 10.6. The van der Waals surface area contributed by atoms with E-state index in [4.69, 9.17) is 0 Å². The summed E-state index contributed by atoms with van der Waals surface area (Å²) in [5, 5.41) is 1.38. The van der Waals surface area contributed by atoms with Crippen molar-refractivity contribution in [1.82, 2.24) is 4.98 Å². The molecule has 0 aliphatic heterocycles. The smallest absolute Gasteiger partial charge is 0.254 e. The normalized spacial score (nSPS) is 12.4. The second kappa shape index (κ2) is 5.17. The fourth-order valence-electron chi connectivity index (χ4n) is 1.58. The molecule has 0 saturated carbocycles. The Kier molecular flexibility index (Phi) is 3.88. The SMILES string of the molecule is CS(C)(=O)=Nc1ccc(-c2ccsc2C(F)(F)F)nc1. The lowest BCUT2D eigenvalue weighted by Gasteiger charge is -2.07. The summed E-state index contributed by atoms with van der Waals surface area (Å²) in [6, 6.07) is 4.34. The number of thiophene rings is 1. The molecule has 0 unspecified atom stereocenters. The van der Waals surface area contributed by atoms with E-state index in [0.717, 1.165) is 0 Å². The molecule has 0 spiro atoms. The summed E-state index contributed by atoms with van der Waals surface area (Å²) >= 11 is 0.631. The van der Waals surface area contributed by atoms with Gasteiger partial charge in [0.15, 0.2) is 0 Å². The van der Waals surface area contributed by atoms with Gasteiger partial charge in [-0.25, -0.2) is 4.21 Å². The summed E-state index contributed by atoms with van der Waals surface area (Å²) in [5.74, 6) is 0. The molecule has 0 aromatic carbocycles. The van der Waals surface area contributed by atoms with Crippen LogP contribution < -0.4 is 0 Å². The summed E-state index contributed by atoms with van der Waals surface area (Å²) in [6.45, 7) is 0. The molecular formula is C12H11F3N2OS2. The van der Waals surface area contributed by atoms with Crippen LogP contribution in [0.4, 0.5) is 18.9 Å². The molecule has 0 radical (unpaired) electrons. The number of aromatic nitrogens is 1. The van der Waals surface area contributed by atoms with Gasteiger partial charge in [0.2, 0.25) is 0 Å². The minimum absolute atomic E-state index is 0.0442. The van der Waals surface area contributed by atoms with Gasteiger partial charge in [-0.2, -0.15) is 17.5 Å². The molecule has 0 aliphatic rings. The molecule has 0 bridgehead atoms. The number of hydrogen-bond acceptors (Lipinski definition) is 4. The molecule has 20 heavy (non-hydrogen) atoms. The Bertz CT molecular complexity index is 718. The van der Waals surface area contributed by atoms with Crippen LogP contribution in [0.2, 0.25) is 0 Å². The number of rotatable bonds is 2. The number of halogens is 3. The monoisotopic (exact) mass is 320 g/mol. The van der Waals surface area contributed by atoms with Gasteiger partial charge in [0.1, 0.15) is 4.88 Å². The van der Waals surface area contributed by atoms with Gasteiger partial charge in [-0.1, -0.05) is 0 Å². The lowest BCUT2D eigenvalue weighted by molar-refractivity contribution is -0.133. The van der Waals surface area contributed by atoms with Gasteiger partial charge >= 0.3 is 6.18 Å². The lowest BCUT2D eigenvalue weighted by Crippen LogP contribution is -2.03. The standard InChI is InChI=1S/C12H11F3N2OS2/c1-20(2,18)17-8-3-4-10(16-7-8)9-5-6-19-11(9)12(13,14)15/h3-7H,1-2H3. The molecular weight excluding hydrogens is 309 g/mol. The zero-order valence-corrected chi connectivity index (χ0v) is 12.3.